The maximum absolute atomic E-state index is 12.5. The average molecular weight is 365 g/mol. The maximum atomic E-state index is 12.5. The maximum Gasteiger partial charge on any atom is 0.258 e. The summed E-state index contributed by atoms with van der Waals surface area (Å²) in [7, 11) is 0. The van der Waals surface area contributed by atoms with E-state index < -0.39 is 0 Å². The van der Waals surface area contributed by atoms with Gasteiger partial charge in [-0.1, -0.05) is 57.2 Å². The van der Waals surface area contributed by atoms with Gasteiger partial charge in [0.25, 0.3) is 5.91 Å². The number of ketones is 1. The Labute approximate surface area is 160 Å². The number of hydrogen-bond acceptors (Lipinski definition) is 3. The zero-order valence-corrected chi connectivity index (χ0v) is 16.4. The molecule has 2 aromatic rings. The van der Waals surface area contributed by atoms with E-state index in [1.54, 1.807) is 6.07 Å². The van der Waals surface area contributed by atoms with Crippen molar-refractivity contribution in [2.75, 3.05) is 6.61 Å². The van der Waals surface area contributed by atoms with Gasteiger partial charge in [0.2, 0.25) is 0 Å². The second kappa shape index (κ2) is 7.95. The fraction of sp³-hybridized carbons (Fsp3) is 0.391. The lowest BCUT2D eigenvalue weighted by molar-refractivity contribution is -0.124. The summed E-state index contributed by atoms with van der Waals surface area (Å²) >= 11 is 0. The molecule has 2 atom stereocenters. The number of rotatable bonds is 6. The van der Waals surface area contributed by atoms with Gasteiger partial charge in [-0.25, -0.2) is 0 Å². The highest BCUT2D eigenvalue weighted by atomic mass is 16.5. The van der Waals surface area contributed by atoms with Crippen LogP contribution in [0.25, 0.3) is 0 Å². The molecule has 1 N–H and O–H groups in total. The van der Waals surface area contributed by atoms with E-state index in [1.165, 1.54) is 0 Å². The minimum absolute atomic E-state index is 0.0762. The van der Waals surface area contributed by atoms with Gasteiger partial charge < -0.3 is 10.1 Å². The second-order valence-electron chi connectivity index (χ2n) is 7.69. The third-order valence-electron chi connectivity index (χ3n) is 5.19. The zero-order chi connectivity index (χ0) is 19.6. The molecule has 3 rings (SSSR count). The zero-order valence-electron chi connectivity index (χ0n) is 16.4. The van der Waals surface area contributed by atoms with Crippen LogP contribution in [-0.2, 0) is 4.79 Å². The molecule has 0 saturated carbocycles. The van der Waals surface area contributed by atoms with Crippen molar-refractivity contribution in [1.29, 1.82) is 0 Å². The lowest BCUT2D eigenvalue weighted by Crippen LogP contribution is -2.35. The van der Waals surface area contributed by atoms with Crippen molar-refractivity contribution in [2.24, 2.45) is 5.92 Å². The van der Waals surface area contributed by atoms with Crippen molar-refractivity contribution in [3.63, 3.8) is 0 Å². The molecular weight excluding hydrogens is 338 g/mol. The lowest BCUT2D eigenvalue weighted by atomic mass is 9.96. The van der Waals surface area contributed by atoms with Crippen LogP contribution in [0.1, 0.15) is 66.2 Å². The number of benzene rings is 2. The highest BCUT2D eigenvalue weighted by Crippen LogP contribution is 2.40. The van der Waals surface area contributed by atoms with E-state index in [0.717, 1.165) is 16.7 Å². The van der Waals surface area contributed by atoms with Crippen LogP contribution in [0.2, 0.25) is 0 Å². The Morgan fingerprint density at radius 1 is 1.19 bits per heavy atom. The van der Waals surface area contributed by atoms with Crippen LogP contribution < -0.4 is 10.1 Å². The van der Waals surface area contributed by atoms with Crippen LogP contribution in [0, 0.1) is 12.8 Å². The van der Waals surface area contributed by atoms with Gasteiger partial charge in [-0.3, -0.25) is 9.59 Å². The second-order valence-corrected chi connectivity index (χ2v) is 7.69. The first-order valence-electron chi connectivity index (χ1n) is 9.52. The normalized spacial score (nSPS) is 16.9. The molecule has 27 heavy (non-hydrogen) atoms. The van der Waals surface area contributed by atoms with Crippen LogP contribution in [0.4, 0.5) is 0 Å². The number of ether oxygens (including phenoxy) is 1. The van der Waals surface area contributed by atoms with Gasteiger partial charge in [-0.2, -0.15) is 0 Å². The molecule has 0 aliphatic heterocycles. The van der Waals surface area contributed by atoms with E-state index in [2.05, 4.69) is 26.1 Å². The summed E-state index contributed by atoms with van der Waals surface area (Å²) in [6.07, 6.45) is 0.506. The van der Waals surface area contributed by atoms with Crippen LogP contribution >= 0.6 is 0 Å². The van der Waals surface area contributed by atoms with Gasteiger partial charge in [0, 0.05) is 6.42 Å². The minimum atomic E-state index is -0.189. The predicted molar refractivity (Wildman–Crippen MR) is 106 cm³/mol. The van der Waals surface area contributed by atoms with Crippen molar-refractivity contribution < 1.29 is 14.3 Å². The van der Waals surface area contributed by atoms with Crippen LogP contribution in [0.15, 0.2) is 42.5 Å². The molecule has 1 aliphatic rings. The molecule has 0 unspecified atom stereocenters. The van der Waals surface area contributed by atoms with Gasteiger partial charge in [0.1, 0.15) is 5.75 Å². The Morgan fingerprint density at radius 3 is 2.56 bits per heavy atom. The number of amides is 1. The molecule has 2 aromatic carbocycles. The minimum Gasteiger partial charge on any atom is -0.483 e. The quantitative estimate of drug-likeness (QED) is 0.815. The number of hydrogen-bond donors (Lipinski definition) is 1. The SMILES string of the molecule is Cc1ccc(OCC(=O)N[C@@H](c2ccccc2)C(C)C)c2c1[C@@H](C)CC2=O. The first-order valence-corrected chi connectivity index (χ1v) is 9.52. The van der Waals surface area contributed by atoms with E-state index >= 15 is 0 Å². The summed E-state index contributed by atoms with van der Waals surface area (Å²) in [6.45, 7) is 8.11. The van der Waals surface area contributed by atoms with Crippen LogP contribution in [0.3, 0.4) is 0 Å². The van der Waals surface area contributed by atoms with E-state index in [1.807, 2.05) is 43.3 Å². The standard InChI is InChI=1S/C23H27NO3/c1-14(2)23(17-8-6-5-7-9-17)24-20(26)13-27-19-11-10-15(3)21-16(4)12-18(25)22(19)21/h5-11,14,16,23H,12-13H2,1-4H3,(H,24,26)/t16-,23+/m0/s1. The van der Waals surface area contributed by atoms with E-state index in [4.69, 9.17) is 4.74 Å². The van der Waals surface area contributed by atoms with Gasteiger partial charge in [0.15, 0.2) is 12.4 Å². The van der Waals surface area contributed by atoms with Crippen LogP contribution in [-0.4, -0.2) is 18.3 Å². The summed E-state index contributed by atoms with van der Waals surface area (Å²) in [6, 6.07) is 13.6. The van der Waals surface area contributed by atoms with Crippen molar-refractivity contribution in [3.05, 3.63) is 64.7 Å². The molecule has 0 heterocycles. The van der Waals surface area contributed by atoms with E-state index in [-0.39, 0.29) is 36.2 Å². The number of carbonyl (C=O) groups excluding carboxylic acids is 2. The first kappa shape index (κ1) is 19.2. The molecule has 0 spiro atoms. The van der Waals surface area contributed by atoms with E-state index in [0.29, 0.717) is 17.7 Å². The summed E-state index contributed by atoms with van der Waals surface area (Å²) in [5.41, 5.74) is 3.88. The molecule has 4 nitrogen and oxygen atoms in total. The Hall–Kier alpha value is -2.62. The number of nitrogens with one attached hydrogen (secondary N) is 1. The molecule has 0 aromatic heterocycles. The van der Waals surface area contributed by atoms with Crippen LogP contribution in [0.5, 0.6) is 5.75 Å². The molecule has 0 saturated heterocycles. The largest absolute Gasteiger partial charge is 0.483 e. The lowest BCUT2D eigenvalue weighted by Gasteiger charge is -2.23. The summed E-state index contributed by atoms with van der Waals surface area (Å²) in [4.78, 5) is 24.9. The van der Waals surface area contributed by atoms with E-state index in [9.17, 15) is 9.59 Å². The number of aryl methyl sites for hydroxylation is 1. The average Bonchev–Trinajstić information content (AvgIpc) is 2.95. The molecule has 0 bridgehead atoms. The number of carbonyl (C=O) groups is 2. The van der Waals surface area contributed by atoms with Gasteiger partial charge in [0.05, 0.1) is 11.6 Å². The molecule has 1 amide bonds. The summed E-state index contributed by atoms with van der Waals surface area (Å²) < 4.78 is 5.77. The van der Waals surface area contributed by atoms with Crippen molar-refractivity contribution in [3.8, 4) is 5.75 Å². The fourth-order valence-electron chi connectivity index (χ4n) is 3.88. The molecular formula is C23H27NO3. The third kappa shape index (κ3) is 4.05. The highest BCUT2D eigenvalue weighted by Gasteiger charge is 2.31. The number of fused-ring (bicyclic) bond motifs is 1. The predicted octanol–water partition coefficient (Wildman–Crippen LogP) is 4.58. The van der Waals surface area contributed by atoms with Crippen molar-refractivity contribution in [1.82, 2.24) is 5.32 Å². The Morgan fingerprint density at radius 2 is 1.89 bits per heavy atom. The molecule has 0 radical (unpaired) electrons. The van der Waals surface area contributed by atoms with Crippen molar-refractivity contribution in [2.45, 2.75) is 46.1 Å². The summed E-state index contributed by atoms with van der Waals surface area (Å²) in [5, 5.41) is 3.05. The van der Waals surface area contributed by atoms with Gasteiger partial charge in [-0.15, -0.1) is 0 Å². The molecule has 142 valence electrons. The first-order chi connectivity index (χ1) is 12.9. The highest BCUT2D eigenvalue weighted by molar-refractivity contribution is 6.04. The smallest absolute Gasteiger partial charge is 0.258 e. The van der Waals surface area contributed by atoms with Gasteiger partial charge in [-0.05, 0) is 41.5 Å². The molecule has 1 aliphatic carbocycles. The Kier molecular flexibility index (Phi) is 5.64. The molecule has 0 fully saturated rings. The fourth-order valence-corrected chi connectivity index (χ4v) is 3.88. The monoisotopic (exact) mass is 365 g/mol. The number of Topliss-reactive ketones (excluding diaryl/α,β-unsaturated/α-hetero) is 1. The Bertz CT molecular complexity index is 842. The molecule has 4 heteroatoms. The van der Waals surface area contributed by atoms with Gasteiger partial charge >= 0.3 is 0 Å². The topological polar surface area (TPSA) is 55.4 Å². The Balaban J connectivity index is 1.71. The summed E-state index contributed by atoms with van der Waals surface area (Å²) in [5.74, 6) is 0.878. The van der Waals surface area contributed by atoms with Crippen molar-refractivity contribution >= 4 is 11.7 Å². The third-order valence-corrected chi connectivity index (χ3v) is 5.19.